The van der Waals surface area contributed by atoms with E-state index in [1.54, 1.807) is 6.07 Å². The summed E-state index contributed by atoms with van der Waals surface area (Å²) in [6.45, 7) is 2.36. The minimum absolute atomic E-state index is 0. The predicted molar refractivity (Wildman–Crippen MR) is 142 cm³/mol. The standard InChI is InChI=1S/C28H28BF3NO2Si.K/c1-19-21(15-20(13-14-36(2,3)4)16-27(19)29(30,31)32)17-33-28(34)35-18-26-24-11-7-5-9-22(24)23-10-6-8-12-25(23)26;/h5-12,15-16,26H,17-18H2,1-4H3,(H,33,34);/q-1;+1. The summed E-state index contributed by atoms with van der Waals surface area (Å²) in [7, 11) is -1.77. The van der Waals surface area contributed by atoms with Crippen LogP contribution in [0.3, 0.4) is 0 Å². The molecular formula is C28H28BF3KNO2Si. The Balaban J connectivity index is 0.00000380. The topological polar surface area (TPSA) is 38.3 Å². The van der Waals surface area contributed by atoms with Crippen molar-refractivity contribution in [3.8, 4) is 22.6 Å². The van der Waals surface area contributed by atoms with E-state index in [0.717, 1.165) is 28.3 Å². The van der Waals surface area contributed by atoms with Crippen LogP contribution in [0.5, 0.6) is 0 Å². The molecule has 3 aromatic rings. The van der Waals surface area contributed by atoms with Crippen LogP contribution in [0.15, 0.2) is 60.7 Å². The maximum Gasteiger partial charge on any atom is 1.00 e. The molecule has 4 rings (SSSR count). The second kappa shape index (κ2) is 11.9. The first kappa shape index (κ1) is 29.7. The van der Waals surface area contributed by atoms with Crippen LogP contribution in [0.2, 0.25) is 19.6 Å². The second-order valence-electron chi connectivity index (χ2n) is 10.1. The zero-order valence-corrected chi connectivity index (χ0v) is 25.9. The van der Waals surface area contributed by atoms with Gasteiger partial charge in [0.25, 0.3) is 0 Å². The number of benzene rings is 3. The number of rotatable bonds is 5. The van der Waals surface area contributed by atoms with Crippen molar-refractivity contribution in [2.24, 2.45) is 0 Å². The summed E-state index contributed by atoms with van der Waals surface area (Å²) < 4.78 is 46.7. The summed E-state index contributed by atoms with van der Waals surface area (Å²) >= 11 is 0. The van der Waals surface area contributed by atoms with Crippen molar-refractivity contribution in [3.05, 3.63) is 88.5 Å². The summed E-state index contributed by atoms with van der Waals surface area (Å²) in [6, 6.07) is 18.8. The van der Waals surface area contributed by atoms with E-state index in [2.05, 4.69) is 28.9 Å². The SMILES string of the molecule is Cc1c(CNC(=O)OCC2c3ccccc3-c3ccccc32)cc(C#C[Si](C)(C)C)cc1[B-](F)(F)F.[K+]. The third-order valence-corrected chi connectivity index (χ3v) is 7.13. The van der Waals surface area contributed by atoms with E-state index in [1.807, 2.05) is 56.0 Å². The van der Waals surface area contributed by atoms with Crippen LogP contribution in [-0.4, -0.2) is 27.8 Å². The molecule has 0 saturated carbocycles. The molecule has 1 aliphatic rings. The molecule has 0 radical (unpaired) electrons. The zero-order valence-electron chi connectivity index (χ0n) is 21.8. The largest absolute Gasteiger partial charge is 1.00 e. The van der Waals surface area contributed by atoms with Gasteiger partial charge in [0.05, 0.1) is 0 Å². The van der Waals surface area contributed by atoms with E-state index < -0.39 is 26.6 Å². The van der Waals surface area contributed by atoms with Gasteiger partial charge in [-0.2, -0.15) is 0 Å². The van der Waals surface area contributed by atoms with Crippen LogP contribution < -0.4 is 62.2 Å². The Bertz CT molecular complexity index is 1330. The Kier molecular flexibility index (Phi) is 9.60. The second-order valence-corrected chi connectivity index (χ2v) is 14.9. The summed E-state index contributed by atoms with van der Waals surface area (Å²) in [5.74, 6) is 2.82. The third kappa shape index (κ3) is 7.19. The smallest absolute Gasteiger partial charge is 0.449 e. The molecular weight excluding hydrogens is 517 g/mol. The Morgan fingerprint density at radius 2 is 1.57 bits per heavy atom. The number of alkyl carbamates (subject to hydrolysis) is 1. The van der Waals surface area contributed by atoms with Crippen LogP contribution in [0.25, 0.3) is 11.1 Å². The van der Waals surface area contributed by atoms with E-state index in [4.69, 9.17) is 4.74 Å². The molecule has 3 aromatic carbocycles. The normalized spacial score (nSPS) is 12.5. The van der Waals surface area contributed by atoms with Crippen LogP contribution in [0.1, 0.15) is 33.7 Å². The van der Waals surface area contributed by atoms with E-state index in [-0.39, 0.29) is 76.0 Å². The fraction of sp³-hybridized carbons (Fsp3) is 0.250. The number of carbonyl (C=O) groups excluding carboxylic acids is 1. The molecule has 1 amide bonds. The predicted octanol–water partition coefficient (Wildman–Crippen LogP) is 3.32. The molecule has 9 heteroatoms. The number of hydrogen-bond acceptors (Lipinski definition) is 2. The number of ether oxygens (including phenoxy) is 1. The monoisotopic (exact) mass is 545 g/mol. The maximum atomic E-state index is 13.7. The van der Waals surface area contributed by atoms with Gasteiger partial charge >= 0.3 is 64.5 Å². The van der Waals surface area contributed by atoms with Crippen molar-refractivity contribution in [1.82, 2.24) is 5.32 Å². The molecule has 0 saturated heterocycles. The summed E-state index contributed by atoms with van der Waals surface area (Å²) in [6.07, 6.45) is -0.672. The van der Waals surface area contributed by atoms with Crippen molar-refractivity contribution in [2.75, 3.05) is 6.61 Å². The molecule has 0 heterocycles. The van der Waals surface area contributed by atoms with Crippen LogP contribution in [0, 0.1) is 18.4 Å². The summed E-state index contributed by atoms with van der Waals surface area (Å²) in [5, 5.41) is 2.63. The number of fused-ring (bicyclic) bond motifs is 3. The fourth-order valence-electron chi connectivity index (χ4n) is 4.47. The first-order chi connectivity index (χ1) is 16.9. The first-order valence-corrected chi connectivity index (χ1v) is 15.4. The minimum Gasteiger partial charge on any atom is -0.449 e. The molecule has 0 unspecified atom stereocenters. The third-order valence-electron chi connectivity index (χ3n) is 6.26. The van der Waals surface area contributed by atoms with Gasteiger partial charge in [-0.3, -0.25) is 0 Å². The maximum absolute atomic E-state index is 13.7. The Labute approximate surface area is 260 Å². The molecule has 1 aliphatic carbocycles. The van der Waals surface area contributed by atoms with Crippen molar-refractivity contribution in [1.29, 1.82) is 0 Å². The van der Waals surface area contributed by atoms with E-state index in [1.165, 1.54) is 6.92 Å². The molecule has 0 spiro atoms. The van der Waals surface area contributed by atoms with Gasteiger partial charge in [0, 0.05) is 18.0 Å². The first-order valence-electron chi connectivity index (χ1n) is 11.9. The number of hydrogen-bond donors (Lipinski definition) is 1. The van der Waals surface area contributed by atoms with Gasteiger partial charge in [-0.05, 0) is 40.8 Å². The van der Waals surface area contributed by atoms with Gasteiger partial charge in [0.15, 0.2) is 0 Å². The fourth-order valence-corrected chi connectivity index (χ4v) is 4.99. The number of nitrogens with one attached hydrogen (secondary N) is 1. The molecule has 0 atom stereocenters. The Morgan fingerprint density at radius 1 is 1.00 bits per heavy atom. The van der Waals surface area contributed by atoms with Crippen molar-refractivity contribution in [2.45, 2.75) is 39.0 Å². The number of carbonyl (C=O) groups is 1. The molecule has 0 aliphatic heterocycles. The molecule has 0 aromatic heterocycles. The number of amides is 1. The average Bonchev–Trinajstić information content (AvgIpc) is 3.13. The molecule has 37 heavy (non-hydrogen) atoms. The molecule has 0 fully saturated rings. The molecule has 0 bridgehead atoms. The quantitative estimate of drug-likeness (QED) is 0.395. The van der Waals surface area contributed by atoms with Crippen molar-refractivity contribution in [3.63, 3.8) is 0 Å². The van der Waals surface area contributed by atoms with Gasteiger partial charge in [-0.1, -0.05) is 85.7 Å². The number of halogens is 3. The van der Waals surface area contributed by atoms with E-state index in [9.17, 15) is 17.7 Å². The summed E-state index contributed by atoms with van der Waals surface area (Å²) in [5.41, 5.74) is 7.64. The van der Waals surface area contributed by atoms with Crippen LogP contribution >= 0.6 is 0 Å². The molecule has 186 valence electrons. The van der Waals surface area contributed by atoms with Crippen LogP contribution in [0.4, 0.5) is 17.7 Å². The minimum atomic E-state index is -5.22. The molecule has 1 N–H and O–H groups in total. The van der Waals surface area contributed by atoms with E-state index in [0.29, 0.717) is 11.1 Å². The van der Waals surface area contributed by atoms with Gasteiger partial charge in [-0.25, -0.2) is 4.79 Å². The zero-order chi connectivity index (χ0) is 26.1. The van der Waals surface area contributed by atoms with Gasteiger partial charge in [-0.15, -0.1) is 11.0 Å². The Morgan fingerprint density at radius 3 is 2.11 bits per heavy atom. The van der Waals surface area contributed by atoms with Crippen molar-refractivity contribution >= 4 is 26.6 Å². The van der Waals surface area contributed by atoms with Gasteiger partial charge < -0.3 is 23.0 Å². The van der Waals surface area contributed by atoms with Crippen LogP contribution in [-0.2, 0) is 11.3 Å². The van der Waals surface area contributed by atoms with Crippen molar-refractivity contribution < 1.29 is 73.9 Å². The van der Waals surface area contributed by atoms with Gasteiger partial charge in [0.1, 0.15) is 14.7 Å². The van der Waals surface area contributed by atoms with Gasteiger partial charge in [0.2, 0.25) is 0 Å². The summed E-state index contributed by atoms with van der Waals surface area (Å²) in [4.78, 5) is 12.6. The Hall–Kier alpha value is -1.80. The average molecular weight is 546 g/mol. The molecule has 3 nitrogen and oxygen atoms in total. The van der Waals surface area contributed by atoms with E-state index >= 15 is 0 Å².